The number of methoxy groups -OCH3 is 2. The number of Topliss-reactive ketones (excluding diaryl/α,β-unsaturated/α-hetero) is 1. The van der Waals surface area contributed by atoms with Gasteiger partial charge in [0.2, 0.25) is 5.78 Å². The number of alkyl halides is 2. The van der Waals surface area contributed by atoms with Crippen molar-refractivity contribution in [3.63, 3.8) is 0 Å². The maximum absolute atomic E-state index is 12.6. The summed E-state index contributed by atoms with van der Waals surface area (Å²) < 4.78 is 39.2. The third-order valence-electron chi connectivity index (χ3n) is 3.43. The Balaban J connectivity index is 2.39. The minimum absolute atomic E-state index is 0.0566. The Bertz CT molecular complexity index is 872. The molecule has 0 amide bonds. The van der Waals surface area contributed by atoms with Gasteiger partial charge in [-0.3, -0.25) is 4.79 Å². The molecule has 0 N–H and O–H groups in total. The predicted octanol–water partition coefficient (Wildman–Crippen LogP) is 4.10. The predicted molar refractivity (Wildman–Crippen MR) is 90.5 cm³/mol. The fourth-order valence-corrected chi connectivity index (χ4v) is 2.26. The van der Waals surface area contributed by atoms with Gasteiger partial charge in [0.15, 0.2) is 11.5 Å². The largest absolute Gasteiger partial charge is 0.496 e. The lowest BCUT2D eigenvalue weighted by molar-refractivity contribution is -0.0512. The van der Waals surface area contributed by atoms with Crippen molar-refractivity contribution in [2.24, 2.45) is 0 Å². The van der Waals surface area contributed by atoms with Crippen LogP contribution in [0, 0.1) is 11.3 Å². The van der Waals surface area contributed by atoms with Crippen molar-refractivity contribution >= 4 is 11.9 Å². The average Bonchev–Trinajstić information content (AvgIpc) is 2.66. The van der Waals surface area contributed by atoms with Gasteiger partial charge in [0.25, 0.3) is 0 Å². The molecule has 2 aromatic rings. The Labute approximate surface area is 149 Å². The summed E-state index contributed by atoms with van der Waals surface area (Å²) in [7, 11) is 2.72. The summed E-state index contributed by atoms with van der Waals surface area (Å²) in [6.07, 6.45) is 1.34. The van der Waals surface area contributed by atoms with Crippen LogP contribution in [0.5, 0.6) is 17.2 Å². The molecule has 0 saturated carbocycles. The number of benzene rings is 2. The van der Waals surface area contributed by atoms with E-state index in [1.165, 1.54) is 38.5 Å². The molecule has 0 heterocycles. The number of carbonyl (C=O) groups excluding carboxylic acids is 1. The molecule has 0 aliphatic heterocycles. The number of carbonyl (C=O) groups is 1. The lowest BCUT2D eigenvalue weighted by Crippen LogP contribution is -2.05. The summed E-state index contributed by atoms with van der Waals surface area (Å²) in [6.45, 7) is -2.99. The first-order chi connectivity index (χ1) is 12.5. The van der Waals surface area contributed by atoms with Gasteiger partial charge in [-0.05, 0) is 35.9 Å². The molecule has 0 spiro atoms. The second-order valence-electron chi connectivity index (χ2n) is 4.99. The molecular formula is C19H15F2NO4. The minimum atomic E-state index is -2.99. The molecule has 134 valence electrons. The van der Waals surface area contributed by atoms with Crippen LogP contribution in [0.15, 0.2) is 48.0 Å². The van der Waals surface area contributed by atoms with Crippen LogP contribution >= 0.6 is 0 Å². The summed E-state index contributed by atoms with van der Waals surface area (Å²) in [5, 5.41) is 9.35. The van der Waals surface area contributed by atoms with Crippen molar-refractivity contribution in [3.05, 3.63) is 59.2 Å². The summed E-state index contributed by atoms with van der Waals surface area (Å²) in [5.41, 5.74) is 0.523. The highest BCUT2D eigenvalue weighted by atomic mass is 19.3. The van der Waals surface area contributed by atoms with Crippen molar-refractivity contribution in [3.8, 4) is 23.3 Å². The maximum atomic E-state index is 12.6. The topological polar surface area (TPSA) is 68.5 Å². The van der Waals surface area contributed by atoms with Crippen molar-refractivity contribution in [2.75, 3.05) is 14.2 Å². The van der Waals surface area contributed by atoms with Crippen LogP contribution in [-0.4, -0.2) is 26.6 Å². The van der Waals surface area contributed by atoms with E-state index < -0.39 is 12.4 Å². The van der Waals surface area contributed by atoms with Crippen molar-refractivity contribution in [1.29, 1.82) is 5.26 Å². The molecule has 2 aromatic carbocycles. The fraction of sp³-hybridized carbons (Fsp3) is 0.158. The number of nitrogens with zero attached hydrogens (tertiary/aromatic N) is 1. The molecule has 0 radical (unpaired) electrons. The van der Waals surface area contributed by atoms with Gasteiger partial charge in [0.05, 0.1) is 19.8 Å². The molecular weight excluding hydrogens is 344 g/mol. The van der Waals surface area contributed by atoms with Gasteiger partial charge in [0.1, 0.15) is 17.4 Å². The zero-order valence-corrected chi connectivity index (χ0v) is 14.0. The quantitative estimate of drug-likeness (QED) is 0.423. The first-order valence-electron chi connectivity index (χ1n) is 7.42. The van der Waals surface area contributed by atoms with E-state index in [4.69, 9.17) is 9.47 Å². The molecule has 0 aromatic heterocycles. The molecule has 5 nitrogen and oxygen atoms in total. The second kappa shape index (κ2) is 8.62. The van der Waals surface area contributed by atoms with Crippen LogP contribution in [0.4, 0.5) is 8.78 Å². The van der Waals surface area contributed by atoms with E-state index in [1.807, 2.05) is 6.07 Å². The van der Waals surface area contributed by atoms with Crippen molar-refractivity contribution in [1.82, 2.24) is 0 Å². The summed E-state index contributed by atoms with van der Waals surface area (Å²) >= 11 is 0. The monoisotopic (exact) mass is 359 g/mol. The average molecular weight is 359 g/mol. The fourth-order valence-electron chi connectivity index (χ4n) is 2.26. The summed E-state index contributed by atoms with van der Waals surface area (Å²) in [4.78, 5) is 12.6. The van der Waals surface area contributed by atoms with Crippen LogP contribution in [0.3, 0.4) is 0 Å². The van der Waals surface area contributed by atoms with Crippen LogP contribution in [0.25, 0.3) is 6.08 Å². The number of hydrogen-bond acceptors (Lipinski definition) is 5. The highest BCUT2D eigenvalue weighted by Crippen LogP contribution is 2.30. The molecule has 0 fully saturated rings. The van der Waals surface area contributed by atoms with Crippen molar-refractivity contribution < 1.29 is 27.8 Å². The molecule has 0 unspecified atom stereocenters. The van der Waals surface area contributed by atoms with Crippen LogP contribution in [-0.2, 0) is 0 Å². The summed E-state index contributed by atoms with van der Waals surface area (Å²) in [5.74, 6) is -0.260. The number of nitriles is 1. The SMILES string of the molecule is COc1cc(/C=C(\C#N)C(=O)c2ccccc2OC)ccc1OC(F)F. The number of hydrogen-bond donors (Lipinski definition) is 0. The lowest BCUT2D eigenvalue weighted by atomic mass is 10.0. The van der Waals surface area contributed by atoms with E-state index in [0.717, 1.165) is 0 Å². The zero-order valence-electron chi connectivity index (χ0n) is 14.0. The molecule has 2 rings (SSSR count). The molecule has 0 atom stereocenters. The van der Waals surface area contributed by atoms with Crippen LogP contribution < -0.4 is 14.2 Å². The van der Waals surface area contributed by atoms with E-state index in [-0.39, 0.29) is 22.6 Å². The van der Waals surface area contributed by atoms with Gasteiger partial charge >= 0.3 is 6.61 Å². The standard InChI is InChI=1S/C19H15F2NO4/c1-24-15-6-4-3-5-14(15)18(23)13(11-22)9-12-7-8-16(26-19(20)21)17(10-12)25-2/h3-10,19H,1-2H3/b13-9+. The lowest BCUT2D eigenvalue weighted by Gasteiger charge is -2.10. The van der Waals surface area contributed by atoms with E-state index in [1.54, 1.807) is 24.3 Å². The van der Waals surface area contributed by atoms with E-state index >= 15 is 0 Å². The normalized spacial score (nSPS) is 11.0. The number of allylic oxidation sites excluding steroid dienone is 1. The minimum Gasteiger partial charge on any atom is -0.496 e. The molecule has 0 aliphatic carbocycles. The smallest absolute Gasteiger partial charge is 0.387 e. The van der Waals surface area contributed by atoms with Gasteiger partial charge in [-0.25, -0.2) is 0 Å². The first-order valence-corrected chi connectivity index (χ1v) is 7.42. The number of para-hydroxylation sites is 1. The molecule has 26 heavy (non-hydrogen) atoms. The number of halogens is 2. The Morgan fingerprint density at radius 3 is 2.38 bits per heavy atom. The Hall–Kier alpha value is -3.40. The van der Waals surface area contributed by atoms with Crippen LogP contribution in [0.2, 0.25) is 0 Å². The van der Waals surface area contributed by atoms with Gasteiger partial charge in [-0.2, -0.15) is 14.0 Å². The zero-order chi connectivity index (χ0) is 19.1. The first kappa shape index (κ1) is 18.9. The van der Waals surface area contributed by atoms with Gasteiger partial charge < -0.3 is 14.2 Å². The Morgan fingerprint density at radius 1 is 1.08 bits per heavy atom. The molecule has 7 heteroatoms. The Morgan fingerprint density at radius 2 is 1.77 bits per heavy atom. The molecule has 0 bridgehead atoms. The van der Waals surface area contributed by atoms with Crippen LogP contribution in [0.1, 0.15) is 15.9 Å². The van der Waals surface area contributed by atoms with Gasteiger partial charge in [-0.15, -0.1) is 0 Å². The number of rotatable bonds is 7. The highest BCUT2D eigenvalue weighted by Gasteiger charge is 2.17. The van der Waals surface area contributed by atoms with E-state index in [2.05, 4.69) is 4.74 Å². The summed E-state index contributed by atoms with van der Waals surface area (Å²) in [6, 6.07) is 12.5. The highest BCUT2D eigenvalue weighted by molar-refractivity contribution is 6.15. The Kier molecular flexibility index (Phi) is 6.28. The molecule has 0 aliphatic rings. The van der Waals surface area contributed by atoms with Crippen molar-refractivity contribution in [2.45, 2.75) is 6.61 Å². The van der Waals surface area contributed by atoms with Gasteiger partial charge in [-0.1, -0.05) is 18.2 Å². The second-order valence-corrected chi connectivity index (χ2v) is 4.99. The van der Waals surface area contributed by atoms with E-state index in [0.29, 0.717) is 11.3 Å². The van der Waals surface area contributed by atoms with E-state index in [9.17, 15) is 18.8 Å². The number of ketones is 1. The third-order valence-corrected chi connectivity index (χ3v) is 3.43. The number of ether oxygens (including phenoxy) is 3. The maximum Gasteiger partial charge on any atom is 0.387 e. The van der Waals surface area contributed by atoms with Gasteiger partial charge in [0, 0.05) is 0 Å². The molecule has 0 saturated heterocycles. The third kappa shape index (κ3) is 4.36.